The second kappa shape index (κ2) is 13.0. The van der Waals surface area contributed by atoms with Crippen LogP contribution in [0.25, 0.3) is 0 Å². The lowest BCUT2D eigenvalue weighted by Gasteiger charge is -2.11. The van der Waals surface area contributed by atoms with E-state index in [1.54, 1.807) is 0 Å². The zero-order valence-electron chi connectivity index (χ0n) is 15.6. The van der Waals surface area contributed by atoms with Gasteiger partial charge >= 0.3 is 0 Å². The van der Waals surface area contributed by atoms with Gasteiger partial charge in [0.05, 0.1) is 11.4 Å². The first kappa shape index (κ1) is 22.7. The van der Waals surface area contributed by atoms with E-state index < -0.39 is 0 Å². The van der Waals surface area contributed by atoms with Crippen LogP contribution in [0.5, 0.6) is 0 Å². The minimum Gasteiger partial charge on any atom is -0.361 e. The van der Waals surface area contributed by atoms with Crippen LogP contribution in [-0.4, -0.2) is 60.3 Å². The van der Waals surface area contributed by atoms with Gasteiger partial charge in [-0.25, -0.2) is 0 Å². The zero-order chi connectivity index (χ0) is 18.5. The molecule has 0 bridgehead atoms. The minimum atomic E-state index is 0.502. The van der Waals surface area contributed by atoms with Crippen molar-refractivity contribution < 1.29 is 0 Å². The molecule has 24 heavy (non-hydrogen) atoms. The monoisotopic (exact) mass is 373 g/mol. The van der Waals surface area contributed by atoms with E-state index in [0.717, 1.165) is 37.5 Å². The lowest BCUT2D eigenvalue weighted by molar-refractivity contribution is 0.400. The van der Waals surface area contributed by atoms with Crippen LogP contribution in [0.3, 0.4) is 0 Å². The van der Waals surface area contributed by atoms with Gasteiger partial charge in [-0.1, -0.05) is 13.8 Å². The second-order valence-corrected chi connectivity index (χ2v) is 6.95. The third-order valence-electron chi connectivity index (χ3n) is 2.91. The first-order valence-corrected chi connectivity index (χ1v) is 8.85. The molecule has 0 spiro atoms. The molecule has 0 amide bonds. The van der Waals surface area contributed by atoms with Crippen molar-refractivity contribution in [3.05, 3.63) is 0 Å². The molecule has 0 saturated carbocycles. The summed E-state index contributed by atoms with van der Waals surface area (Å²) in [6.45, 7) is 10.6. The van der Waals surface area contributed by atoms with E-state index in [2.05, 4.69) is 50.4 Å². The van der Waals surface area contributed by atoms with E-state index in [1.165, 1.54) is 0 Å². The Kier molecular flexibility index (Phi) is 12.3. The van der Waals surface area contributed by atoms with Crippen LogP contribution in [0.15, 0.2) is 10.2 Å². The molecule has 0 rings (SSSR count). The second-order valence-electron chi connectivity index (χ2n) is 6.13. The molecule has 0 aliphatic carbocycles. The van der Waals surface area contributed by atoms with Crippen LogP contribution in [0.2, 0.25) is 0 Å². The van der Waals surface area contributed by atoms with Crippen LogP contribution in [0, 0.1) is 5.92 Å². The van der Waals surface area contributed by atoms with Crippen molar-refractivity contribution in [2.24, 2.45) is 16.1 Å². The number of hydrogen-bond acceptors (Lipinski definition) is 5. The maximum absolute atomic E-state index is 5.17. The van der Waals surface area contributed by atoms with Gasteiger partial charge in [0.2, 0.25) is 0 Å². The zero-order valence-corrected chi connectivity index (χ0v) is 17.2. The van der Waals surface area contributed by atoms with Crippen LogP contribution < -0.4 is 21.5 Å². The summed E-state index contributed by atoms with van der Waals surface area (Å²) in [5.74, 6) is 0.522. The van der Waals surface area contributed by atoms with Crippen molar-refractivity contribution in [3.63, 3.8) is 0 Å². The molecule has 0 atom stereocenters. The predicted molar refractivity (Wildman–Crippen MR) is 112 cm³/mol. The van der Waals surface area contributed by atoms with Gasteiger partial charge in [-0.2, -0.15) is 10.2 Å². The standard InChI is InChI=1S/C15H31N7S2/c1-11(2)10-17-15(24)21-19-13(4)12(3)18-20-14(23)16-8-7-9-22(5)6/h11H,7-10H2,1-6H3,(H2,16,20,23)(H2,17,21,24)/b18-12-,19-13-. The van der Waals surface area contributed by atoms with Gasteiger partial charge in [-0.15, -0.1) is 0 Å². The molecule has 0 aromatic rings. The van der Waals surface area contributed by atoms with Crippen molar-refractivity contribution in [1.29, 1.82) is 0 Å². The summed E-state index contributed by atoms with van der Waals surface area (Å²) in [7, 11) is 4.09. The van der Waals surface area contributed by atoms with Crippen LogP contribution in [0.4, 0.5) is 0 Å². The molecule has 4 N–H and O–H groups in total. The third kappa shape index (κ3) is 13.1. The van der Waals surface area contributed by atoms with E-state index in [-0.39, 0.29) is 0 Å². The largest absolute Gasteiger partial charge is 0.361 e. The SMILES string of the molecule is CC(=N/NC(=S)NCCCN(C)C)/C(C)=N\NC(=S)NCC(C)C. The van der Waals surface area contributed by atoms with E-state index in [4.69, 9.17) is 24.4 Å². The summed E-state index contributed by atoms with van der Waals surface area (Å²) in [5, 5.41) is 15.6. The van der Waals surface area contributed by atoms with Crippen molar-refractivity contribution in [1.82, 2.24) is 26.4 Å². The number of nitrogens with one attached hydrogen (secondary N) is 4. The highest BCUT2D eigenvalue weighted by atomic mass is 32.1. The first-order valence-electron chi connectivity index (χ1n) is 8.03. The maximum atomic E-state index is 5.17. The summed E-state index contributed by atoms with van der Waals surface area (Å²) in [6.07, 6.45) is 1.02. The molecule has 0 aliphatic heterocycles. The van der Waals surface area contributed by atoms with Gasteiger partial charge in [-0.3, -0.25) is 10.9 Å². The Morgan fingerprint density at radius 2 is 1.46 bits per heavy atom. The van der Waals surface area contributed by atoms with Crippen molar-refractivity contribution >= 4 is 46.1 Å². The molecule has 0 unspecified atom stereocenters. The lowest BCUT2D eigenvalue weighted by Crippen LogP contribution is -2.36. The fraction of sp³-hybridized carbons (Fsp3) is 0.733. The summed E-state index contributed by atoms with van der Waals surface area (Å²) < 4.78 is 0. The minimum absolute atomic E-state index is 0.502. The Morgan fingerprint density at radius 1 is 0.958 bits per heavy atom. The highest BCUT2D eigenvalue weighted by Crippen LogP contribution is 1.87. The Bertz CT molecular complexity index is 459. The molecule has 0 fully saturated rings. The van der Waals surface area contributed by atoms with Gasteiger partial charge in [-0.05, 0) is 71.3 Å². The number of hydrogen-bond donors (Lipinski definition) is 4. The van der Waals surface area contributed by atoms with E-state index >= 15 is 0 Å². The smallest absolute Gasteiger partial charge is 0.186 e. The summed E-state index contributed by atoms with van der Waals surface area (Å²) in [6, 6.07) is 0. The molecule has 0 aromatic carbocycles. The first-order chi connectivity index (χ1) is 11.2. The summed E-state index contributed by atoms with van der Waals surface area (Å²) in [4.78, 5) is 2.13. The molecule has 0 heterocycles. The molecule has 7 nitrogen and oxygen atoms in total. The van der Waals surface area contributed by atoms with Gasteiger partial charge < -0.3 is 15.5 Å². The Labute approximate surface area is 156 Å². The van der Waals surface area contributed by atoms with E-state index in [1.807, 2.05) is 27.9 Å². The average molecular weight is 374 g/mol. The molecule has 0 saturated heterocycles. The molecular weight excluding hydrogens is 342 g/mol. The van der Waals surface area contributed by atoms with Crippen LogP contribution in [0.1, 0.15) is 34.1 Å². The normalized spacial score (nSPS) is 12.3. The molecule has 0 aliphatic rings. The molecule has 9 heteroatoms. The number of nitrogens with zero attached hydrogens (tertiary/aromatic N) is 3. The Balaban J connectivity index is 4.14. The average Bonchev–Trinajstić information content (AvgIpc) is 2.51. The number of thiocarbonyl (C=S) groups is 2. The van der Waals surface area contributed by atoms with Gasteiger partial charge in [0.1, 0.15) is 0 Å². The summed E-state index contributed by atoms with van der Waals surface area (Å²) in [5.41, 5.74) is 7.08. The quantitative estimate of drug-likeness (QED) is 0.210. The van der Waals surface area contributed by atoms with Gasteiger partial charge in [0.25, 0.3) is 0 Å². The Morgan fingerprint density at radius 3 is 1.92 bits per heavy atom. The molecule has 138 valence electrons. The van der Waals surface area contributed by atoms with Crippen molar-refractivity contribution in [2.45, 2.75) is 34.1 Å². The maximum Gasteiger partial charge on any atom is 0.186 e. The fourth-order valence-electron chi connectivity index (χ4n) is 1.40. The predicted octanol–water partition coefficient (Wildman–Crippen LogP) is 1.27. The number of hydrazone groups is 2. The van der Waals surface area contributed by atoms with Crippen LogP contribution >= 0.6 is 24.4 Å². The lowest BCUT2D eigenvalue weighted by atomic mass is 10.2. The highest BCUT2D eigenvalue weighted by Gasteiger charge is 2.00. The van der Waals surface area contributed by atoms with E-state index in [0.29, 0.717) is 16.1 Å². The summed E-state index contributed by atoms with van der Waals surface area (Å²) >= 11 is 10.3. The van der Waals surface area contributed by atoms with Gasteiger partial charge in [0.15, 0.2) is 10.2 Å². The molecular formula is C15H31N7S2. The molecule has 0 aromatic heterocycles. The van der Waals surface area contributed by atoms with Crippen molar-refractivity contribution in [2.75, 3.05) is 33.7 Å². The van der Waals surface area contributed by atoms with Gasteiger partial charge in [0, 0.05) is 13.1 Å². The molecule has 0 radical (unpaired) electrons. The van der Waals surface area contributed by atoms with Crippen molar-refractivity contribution in [3.8, 4) is 0 Å². The topological polar surface area (TPSA) is 76.1 Å². The number of rotatable bonds is 9. The van der Waals surface area contributed by atoms with E-state index in [9.17, 15) is 0 Å². The Hall–Kier alpha value is -1.32. The highest BCUT2D eigenvalue weighted by molar-refractivity contribution is 7.80. The fourth-order valence-corrected chi connectivity index (χ4v) is 1.68. The van der Waals surface area contributed by atoms with Crippen LogP contribution in [-0.2, 0) is 0 Å². The third-order valence-corrected chi connectivity index (χ3v) is 3.38.